The second-order valence-corrected chi connectivity index (χ2v) is 5.61. The van der Waals surface area contributed by atoms with E-state index < -0.39 is 0 Å². The van der Waals surface area contributed by atoms with E-state index in [0.29, 0.717) is 23.6 Å². The number of hydrogen-bond donors (Lipinski definition) is 1. The van der Waals surface area contributed by atoms with Gasteiger partial charge in [-0.05, 0) is 36.9 Å². The second-order valence-electron chi connectivity index (χ2n) is 5.61. The first-order valence-corrected chi connectivity index (χ1v) is 7.65. The molecule has 0 bridgehead atoms. The number of nitrogens with zero attached hydrogens (tertiary/aromatic N) is 2. The van der Waals surface area contributed by atoms with Crippen LogP contribution in [0.2, 0.25) is 0 Å². The summed E-state index contributed by atoms with van der Waals surface area (Å²) in [5.41, 5.74) is 2.62. The van der Waals surface area contributed by atoms with Crippen LogP contribution in [0, 0.1) is 0 Å². The predicted octanol–water partition coefficient (Wildman–Crippen LogP) is 2.93. The van der Waals surface area contributed by atoms with Crippen molar-refractivity contribution in [3.05, 3.63) is 65.5 Å². The van der Waals surface area contributed by atoms with Gasteiger partial charge in [0.25, 0.3) is 5.91 Å². The zero-order chi connectivity index (χ0) is 16.9. The molecular formula is C18H19N3O3. The van der Waals surface area contributed by atoms with Gasteiger partial charge in [-0.2, -0.15) is 0 Å². The maximum Gasteiger partial charge on any atom is 0.251 e. The third-order valence-corrected chi connectivity index (χ3v) is 3.65. The van der Waals surface area contributed by atoms with Crippen LogP contribution in [0.25, 0.3) is 11.5 Å². The Balaban J connectivity index is 1.59. The van der Waals surface area contributed by atoms with Crippen molar-refractivity contribution in [1.82, 2.24) is 15.4 Å². The fourth-order valence-electron chi connectivity index (χ4n) is 2.47. The second kappa shape index (κ2) is 7.14. The van der Waals surface area contributed by atoms with Crippen LogP contribution in [-0.4, -0.2) is 30.1 Å². The van der Waals surface area contributed by atoms with Crippen LogP contribution in [0.1, 0.15) is 21.6 Å². The van der Waals surface area contributed by atoms with Crippen molar-refractivity contribution < 1.29 is 13.7 Å². The first-order chi connectivity index (χ1) is 11.7. The third-order valence-electron chi connectivity index (χ3n) is 3.65. The van der Waals surface area contributed by atoms with E-state index in [0.717, 1.165) is 17.8 Å². The molecule has 0 unspecified atom stereocenters. The summed E-state index contributed by atoms with van der Waals surface area (Å²) in [7, 11) is 3.63. The molecular weight excluding hydrogens is 306 g/mol. The molecule has 0 aliphatic heterocycles. The van der Waals surface area contributed by atoms with Gasteiger partial charge >= 0.3 is 0 Å². The highest BCUT2D eigenvalue weighted by Crippen LogP contribution is 2.21. The van der Waals surface area contributed by atoms with E-state index >= 15 is 0 Å². The molecule has 3 aromatic rings. The van der Waals surface area contributed by atoms with Crippen LogP contribution < -0.4 is 5.32 Å². The molecule has 3 rings (SSSR count). The van der Waals surface area contributed by atoms with Crippen molar-refractivity contribution in [2.24, 2.45) is 0 Å². The van der Waals surface area contributed by atoms with Gasteiger partial charge in [0.15, 0.2) is 5.76 Å². The number of carbonyl (C=O) groups excluding carboxylic acids is 1. The lowest BCUT2D eigenvalue weighted by atomic mass is 10.1. The Morgan fingerprint density at radius 1 is 1.17 bits per heavy atom. The Hall–Kier alpha value is -2.86. The molecule has 2 heterocycles. The quantitative estimate of drug-likeness (QED) is 0.754. The lowest BCUT2D eigenvalue weighted by Gasteiger charge is -2.15. The molecule has 0 saturated carbocycles. The summed E-state index contributed by atoms with van der Waals surface area (Å²) in [5, 5.41) is 6.68. The number of amides is 1. The predicted molar refractivity (Wildman–Crippen MR) is 89.2 cm³/mol. The highest BCUT2D eigenvalue weighted by molar-refractivity contribution is 5.93. The monoisotopic (exact) mass is 325 g/mol. The summed E-state index contributed by atoms with van der Waals surface area (Å²) >= 11 is 0. The first-order valence-electron chi connectivity index (χ1n) is 7.65. The first kappa shape index (κ1) is 16.0. The summed E-state index contributed by atoms with van der Waals surface area (Å²) in [6, 6.07) is 13.1. The van der Waals surface area contributed by atoms with Gasteiger partial charge in [-0.3, -0.25) is 9.69 Å². The lowest BCUT2D eigenvalue weighted by Crippen LogP contribution is -2.19. The Bertz CT molecular complexity index is 791. The number of furan rings is 1. The van der Waals surface area contributed by atoms with Crippen LogP contribution in [0.4, 0.5) is 0 Å². The van der Waals surface area contributed by atoms with Crippen molar-refractivity contribution in [1.29, 1.82) is 0 Å². The molecule has 6 nitrogen and oxygen atoms in total. The molecule has 1 amide bonds. The smallest absolute Gasteiger partial charge is 0.251 e. The zero-order valence-corrected chi connectivity index (χ0v) is 13.7. The Morgan fingerprint density at radius 3 is 2.62 bits per heavy atom. The number of nitrogens with one attached hydrogen (secondary N) is 1. The van der Waals surface area contributed by atoms with E-state index in [1.165, 1.54) is 0 Å². The Morgan fingerprint density at radius 2 is 1.96 bits per heavy atom. The lowest BCUT2D eigenvalue weighted by molar-refractivity contribution is 0.0963. The number of hydrogen-bond acceptors (Lipinski definition) is 5. The van der Waals surface area contributed by atoms with Crippen LogP contribution >= 0.6 is 0 Å². The summed E-state index contributed by atoms with van der Waals surface area (Å²) < 4.78 is 10.6. The molecule has 0 atom stereocenters. The molecule has 1 aromatic carbocycles. The van der Waals surface area contributed by atoms with Crippen LogP contribution in [-0.2, 0) is 13.1 Å². The van der Waals surface area contributed by atoms with Gasteiger partial charge in [0, 0.05) is 31.8 Å². The minimum Gasteiger partial charge on any atom is -0.461 e. The molecule has 24 heavy (non-hydrogen) atoms. The van der Waals surface area contributed by atoms with Gasteiger partial charge in [-0.25, -0.2) is 0 Å². The van der Waals surface area contributed by atoms with Crippen molar-refractivity contribution in [3.8, 4) is 11.5 Å². The van der Waals surface area contributed by atoms with E-state index in [4.69, 9.17) is 8.94 Å². The Kier molecular flexibility index (Phi) is 4.77. The molecule has 0 aliphatic carbocycles. The van der Waals surface area contributed by atoms with E-state index in [-0.39, 0.29) is 5.91 Å². The molecule has 0 aliphatic rings. The fourth-order valence-corrected chi connectivity index (χ4v) is 2.47. The summed E-state index contributed by atoms with van der Waals surface area (Å²) in [4.78, 5) is 13.7. The number of carbonyl (C=O) groups is 1. The normalized spacial score (nSPS) is 11.0. The average Bonchev–Trinajstić information content (AvgIpc) is 3.26. The molecule has 124 valence electrons. The fraction of sp³-hybridized carbons (Fsp3) is 0.222. The molecule has 0 saturated heterocycles. The SMILES string of the molecule is CNC(=O)c1ccc(CN(C)Cc2cc(-c3ccco3)on2)cc1. The van der Waals surface area contributed by atoms with Crippen LogP contribution in [0.15, 0.2) is 57.7 Å². The maximum absolute atomic E-state index is 11.5. The number of benzene rings is 1. The largest absolute Gasteiger partial charge is 0.461 e. The van der Waals surface area contributed by atoms with Gasteiger partial charge in [0.2, 0.25) is 5.76 Å². The van der Waals surface area contributed by atoms with E-state index in [1.54, 1.807) is 13.3 Å². The minimum atomic E-state index is -0.0806. The van der Waals surface area contributed by atoms with Crippen molar-refractivity contribution in [2.75, 3.05) is 14.1 Å². The zero-order valence-electron chi connectivity index (χ0n) is 13.7. The van der Waals surface area contributed by atoms with E-state index in [2.05, 4.69) is 15.4 Å². The highest BCUT2D eigenvalue weighted by Gasteiger charge is 2.11. The van der Waals surface area contributed by atoms with Gasteiger partial charge in [-0.1, -0.05) is 17.3 Å². The molecule has 0 radical (unpaired) electrons. The average molecular weight is 325 g/mol. The highest BCUT2D eigenvalue weighted by atomic mass is 16.5. The Labute approximate surface area is 140 Å². The third kappa shape index (κ3) is 3.72. The minimum absolute atomic E-state index is 0.0806. The standard InChI is InChI=1S/C18H19N3O3/c1-19-18(22)14-7-5-13(6-8-14)11-21(2)12-15-10-17(24-20-15)16-4-3-9-23-16/h3-10H,11-12H2,1-2H3,(H,19,22). The van der Waals surface area contributed by atoms with Crippen LogP contribution in [0.5, 0.6) is 0 Å². The van der Waals surface area contributed by atoms with Gasteiger partial charge in [-0.15, -0.1) is 0 Å². The molecule has 6 heteroatoms. The molecule has 0 spiro atoms. The topological polar surface area (TPSA) is 71.5 Å². The van der Waals surface area contributed by atoms with Crippen molar-refractivity contribution in [2.45, 2.75) is 13.1 Å². The van der Waals surface area contributed by atoms with Gasteiger partial charge < -0.3 is 14.3 Å². The van der Waals surface area contributed by atoms with Gasteiger partial charge in [0.05, 0.1) is 12.0 Å². The molecule has 2 aromatic heterocycles. The van der Waals surface area contributed by atoms with E-state index in [9.17, 15) is 4.79 Å². The van der Waals surface area contributed by atoms with E-state index in [1.807, 2.05) is 49.5 Å². The van der Waals surface area contributed by atoms with Crippen LogP contribution in [0.3, 0.4) is 0 Å². The number of rotatable bonds is 6. The molecule has 0 fully saturated rings. The summed E-state index contributed by atoms with van der Waals surface area (Å²) in [6.45, 7) is 1.40. The van der Waals surface area contributed by atoms with Gasteiger partial charge in [0.1, 0.15) is 0 Å². The van der Waals surface area contributed by atoms with Crippen molar-refractivity contribution in [3.63, 3.8) is 0 Å². The molecule has 1 N–H and O–H groups in total. The summed E-state index contributed by atoms with van der Waals surface area (Å²) in [5.74, 6) is 1.21. The summed E-state index contributed by atoms with van der Waals surface area (Å²) in [6.07, 6.45) is 1.60. The maximum atomic E-state index is 11.5. The van der Waals surface area contributed by atoms with Crippen molar-refractivity contribution >= 4 is 5.91 Å². The number of aromatic nitrogens is 1.